The first-order valence-corrected chi connectivity index (χ1v) is 7.89. The molecule has 1 fully saturated rings. The lowest BCUT2D eigenvalue weighted by Gasteiger charge is -2.30. The van der Waals surface area contributed by atoms with Crippen LogP contribution >= 0.6 is 22.9 Å². The summed E-state index contributed by atoms with van der Waals surface area (Å²) in [5.74, 6) is 0.292. The fourth-order valence-electron chi connectivity index (χ4n) is 2.56. The number of hydrogen-bond donors (Lipinski definition) is 1. The number of anilines is 1. The first-order valence-electron chi connectivity index (χ1n) is 6.70. The van der Waals surface area contributed by atoms with Crippen LogP contribution in [0.1, 0.15) is 12.8 Å². The molecule has 4 nitrogen and oxygen atoms in total. The maximum Gasteiger partial charge on any atom is 0.222 e. The van der Waals surface area contributed by atoms with Crippen molar-refractivity contribution >= 4 is 44.2 Å². The molecule has 0 radical (unpaired) electrons. The molecule has 1 aliphatic heterocycles. The van der Waals surface area contributed by atoms with Gasteiger partial charge in [-0.25, -0.2) is 4.98 Å². The summed E-state index contributed by atoms with van der Waals surface area (Å²) < 4.78 is 1.11. The number of aromatic nitrogens is 1. The molecule has 1 aromatic carbocycles. The molecule has 2 heterocycles. The molecule has 2 aromatic rings. The number of thiazole rings is 1. The average molecular weight is 310 g/mol. The van der Waals surface area contributed by atoms with Crippen LogP contribution in [0.25, 0.3) is 10.2 Å². The molecule has 0 atom stereocenters. The van der Waals surface area contributed by atoms with Crippen molar-refractivity contribution in [2.75, 3.05) is 25.0 Å². The van der Waals surface area contributed by atoms with Gasteiger partial charge in [-0.1, -0.05) is 22.9 Å². The van der Waals surface area contributed by atoms with Crippen LogP contribution in [-0.4, -0.2) is 31.0 Å². The van der Waals surface area contributed by atoms with Gasteiger partial charge in [0.05, 0.1) is 10.2 Å². The van der Waals surface area contributed by atoms with Crippen LogP contribution in [0.2, 0.25) is 5.02 Å². The number of nitrogens with zero attached hydrogens (tertiary/aromatic N) is 2. The molecule has 0 aliphatic carbocycles. The highest BCUT2D eigenvalue weighted by Gasteiger charge is 2.25. The van der Waals surface area contributed by atoms with Gasteiger partial charge in [-0.3, -0.25) is 4.79 Å². The minimum absolute atomic E-state index is 0.139. The van der Waals surface area contributed by atoms with Crippen LogP contribution < -0.4 is 10.2 Å². The van der Waals surface area contributed by atoms with Gasteiger partial charge < -0.3 is 10.2 Å². The Kier molecular flexibility index (Phi) is 3.81. The van der Waals surface area contributed by atoms with E-state index in [-0.39, 0.29) is 11.8 Å². The number of carbonyl (C=O) groups is 1. The first kappa shape index (κ1) is 13.6. The zero-order valence-electron chi connectivity index (χ0n) is 11.2. The van der Waals surface area contributed by atoms with Crippen molar-refractivity contribution in [3.05, 3.63) is 23.2 Å². The molecule has 20 heavy (non-hydrogen) atoms. The van der Waals surface area contributed by atoms with Crippen molar-refractivity contribution in [2.45, 2.75) is 12.8 Å². The fourth-order valence-corrected chi connectivity index (χ4v) is 3.85. The second-order valence-corrected chi connectivity index (χ2v) is 6.43. The number of halogens is 1. The molecule has 3 rings (SSSR count). The molecular formula is C14H16ClN3OS. The zero-order valence-corrected chi connectivity index (χ0v) is 12.8. The number of fused-ring (bicyclic) bond motifs is 1. The maximum atomic E-state index is 11.6. The van der Waals surface area contributed by atoms with Crippen LogP contribution in [0.15, 0.2) is 18.2 Å². The number of amides is 1. The minimum Gasteiger partial charge on any atom is -0.359 e. The van der Waals surface area contributed by atoms with Gasteiger partial charge in [-0.05, 0) is 31.0 Å². The largest absolute Gasteiger partial charge is 0.359 e. The number of piperidine rings is 1. The number of rotatable bonds is 2. The Morgan fingerprint density at radius 2 is 2.20 bits per heavy atom. The van der Waals surface area contributed by atoms with Gasteiger partial charge in [0.1, 0.15) is 0 Å². The highest BCUT2D eigenvalue weighted by Crippen LogP contribution is 2.32. The van der Waals surface area contributed by atoms with Crippen molar-refractivity contribution in [3.8, 4) is 0 Å². The molecule has 1 amide bonds. The molecule has 1 N–H and O–H groups in total. The third kappa shape index (κ3) is 2.60. The molecule has 0 saturated carbocycles. The highest BCUT2D eigenvalue weighted by atomic mass is 35.5. The Hall–Kier alpha value is -1.33. The third-order valence-corrected chi connectivity index (χ3v) is 5.04. The SMILES string of the molecule is CNC(=O)C1CCN(c2nc3ccc(Cl)cc3s2)CC1. The van der Waals surface area contributed by atoms with Gasteiger partial charge in [-0.15, -0.1) is 0 Å². The van der Waals surface area contributed by atoms with Gasteiger partial charge >= 0.3 is 0 Å². The summed E-state index contributed by atoms with van der Waals surface area (Å²) in [5, 5.41) is 4.50. The zero-order chi connectivity index (χ0) is 14.1. The summed E-state index contributed by atoms with van der Waals surface area (Å²) in [7, 11) is 1.70. The summed E-state index contributed by atoms with van der Waals surface area (Å²) in [6, 6.07) is 5.77. The second-order valence-electron chi connectivity index (χ2n) is 4.98. The molecular weight excluding hydrogens is 294 g/mol. The van der Waals surface area contributed by atoms with Gasteiger partial charge in [0.25, 0.3) is 0 Å². The van der Waals surface area contributed by atoms with E-state index in [1.807, 2.05) is 18.2 Å². The average Bonchev–Trinajstić information content (AvgIpc) is 2.89. The third-order valence-electron chi connectivity index (χ3n) is 3.72. The number of hydrogen-bond acceptors (Lipinski definition) is 4. The molecule has 0 spiro atoms. The first-order chi connectivity index (χ1) is 9.67. The van der Waals surface area contributed by atoms with E-state index in [2.05, 4.69) is 15.2 Å². The lowest BCUT2D eigenvalue weighted by molar-refractivity contribution is -0.125. The molecule has 6 heteroatoms. The minimum atomic E-state index is 0.139. The predicted octanol–water partition coefficient (Wildman–Crippen LogP) is 2.91. The second kappa shape index (κ2) is 5.58. The summed E-state index contributed by atoms with van der Waals surface area (Å²) in [6.07, 6.45) is 1.77. The van der Waals surface area contributed by atoms with E-state index in [4.69, 9.17) is 11.6 Å². The van der Waals surface area contributed by atoms with Crippen molar-refractivity contribution in [1.29, 1.82) is 0 Å². The van der Waals surface area contributed by atoms with Crippen molar-refractivity contribution in [2.24, 2.45) is 5.92 Å². The molecule has 0 bridgehead atoms. The maximum absolute atomic E-state index is 11.6. The van der Waals surface area contributed by atoms with Crippen LogP contribution in [0.3, 0.4) is 0 Å². The smallest absolute Gasteiger partial charge is 0.222 e. The van der Waals surface area contributed by atoms with Gasteiger partial charge in [-0.2, -0.15) is 0 Å². The Morgan fingerprint density at radius 3 is 2.90 bits per heavy atom. The van der Waals surface area contributed by atoms with E-state index in [1.54, 1.807) is 18.4 Å². The fraction of sp³-hybridized carbons (Fsp3) is 0.429. The van der Waals surface area contributed by atoms with Gasteiger partial charge in [0.15, 0.2) is 5.13 Å². The topological polar surface area (TPSA) is 45.2 Å². The van der Waals surface area contributed by atoms with E-state index < -0.39 is 0 Å². The number of benzene rings is 1. The molecule has 1 aliphatic rings. The monoisotopic (exact) mass is 309 g/mol. The standard InChI is InChI=1S/C14H16ClN3OS/c1-16-13(19)9-4-6-18(7-5-9)14-17-11-3-2-10(15)8-12(11)20-14/h2-3,8-9H,4-7H2,1H3,(H,16,19). The van der Waals surface area contributed by atoms with Crippen LogP contribution in [-0.2, 0) is 4.79 Å². The Labute approximate surface area is 126 Å². The Balaban J connectivity index is 1.75. The Morgan fingerprint density at radius 1 is 1.45 bits per heavy atom. The predicted molar refractivity (Wildman–Crippen MR) is 83.6 cm³/mol. The lowest BCUT2D eigenvalue weighted by atomic mass is 9.96. The van der Waals surface area contributed by atoms with Crippen LogP contribution in [0.4, 0.5) is 5.13 Å². The van der Waals surface area contributed by atoms with Crippen molar-refractivity contribution in [3.63, 3.8) is 0 Å². The van der Waals surface area contributed by atoms with E-state index in [9.17, 15) is 4.79 Å². The van der Waals surface area contributed by atoms with E-state index in [0.717, 1.165) is 46.3 Å². The van der Waals surface area contributed by atoms with E-state index in [0.29, 0.717) is 0 Å². The normalized spacial score (nSPS) is 16.6. The van der Waals surface area contributed by atoms with Gasteiger partial charge in [0, 0.05) is 31.1 Å². The molecule has 1 aromatic heterocycles. The van der Waals surface area contributed by atoms with Crippen LogP contribution in [0, 0.1) is 5.92 Å². The summed E-state index contributed by atoms with van der Waals surface area (Å²) in [4.78, 5) is 18.5. The number of nitrogens with one attached hydrogen (secondary N) is 1. The lowest BCUT2D eigenvalue weighted by Crippen LogP contribution is -2.39. The quantitative estimate of drug-likeness (QED) is 0.928. The molecule has 0 unspecified atom stereocenters. The van der Waals surface area contributed by atoms with Gasteiger partial charge in [0.2, 0.25) is 5.91 Å². The summed E-state index contributed by atoms with van der Waals surface area (Å²) in [6.45, 7) is 1.76. The van der Waals surface area contributed by atoms with Crippen molar-refractivity contribution < 1.29 is 4.79 Å². The van der Waals surface area contributed by atoms with E-state index in [1.165, 1.54) is 0 Å². The summed E-state index contributed by atoms with van der Waals surface area (Å²) in [5.41, 5.74) is 0.989. The number of carbonyl (C=O) groups excluding carboxylic acids is 1. The summed E-state index contributed by atoms with van der Waals surface area (Å²) >= 11 is 7.67. The molecule has 106 valence electrons. The van der Waals surface area contributed by atoms with Crippen molar-refractivity contribution in [1.82, 2.24) is 10.3 Å². The Bertz CT molecular complexity index is 634. The molecule has 1 saturated heterocycles. The van der Waals surface area contributed by atoms with Crippen LogP contribution in [0.5, 0.6) is 0 Å². The highest BCUT2D eigenvalue weighted by molar-refractivity contribution is 7.22. The van der Waals surface area contributed by atoms with E-state index >= 15 is 0 Å².